The number of rotatable bonds is 3. The lowest BCUT2D eigenvalue weighted by atomic mass is 9.70. The maximum atomic E-state index is 12.4. The van der Waals surface area contributed by atoms with E-state index in [-0.39, 0.29) is 16.7 Å². The Labute approximate surface area is 146 Å². The minimum atomic E-state index is -0.200. The van der Waals surface area contributed by atoms with Gasteiger partial charge in [0.05, 0.1) is 0 Å². The van der Waals surface area contributed by atoms with E-state index >= 15 is 0 Å². The highest BCUT2D eigenvalue weighted by atomic mass is 16.4. The fourth-order valence-electron chi connectivity index (χ4n) is 4.34. The molecule has 25 heavy (non-hydrogen) atoms. The Balaban J connectivity index is 1.48. The van der Waals surface area contributed by atoms with Crippen LogP contribution in [0.4, 0.5) is 0 Å². The van der Waals surface area contributed by atoms with E-state index in [1.807, 2.05) is 0 Å². The molecule has 4 rings (SSSR count). The van der Waals surface area contributed by atoms with Crippen LogP contribution in [0.15, 0.2) is 40.2 Å². The molecule has 2 atom stereocenters. The van der Waals surface area contributed by atoms with Crippen LogP contribution in [0.25, 0.3) is 11.5 Å². The fraction of sp³-hybridized carbons (Fsp3) is 0.474. The Morgan fingerprint density at radius 3 is 2.60 bits per heavy atom. The first-order valence-electron chi connectivity index (χ1n) is 8.66. The topological polar surface area (TPSA) is 80.4 Å². The molecule has 1 heterocycles. The Morgan fingerprint density at radius 2 is 2.04 bits per heavy atom. The van der Waals surface area contributed by atoms with Crippen LogP contribution in [-0.2, 0) is 0 Å². The third kappa shape index (κ3) is 2.39. The van der Waals surface area contributed by atoms with Gasteiger partial charge in [-0.05, 0) is 54.9 Å². The molecule has 6 nitrogen and oxygen atoms in total. The first kappa shape index (κ1) is 16.0. The van der Waals surface area contributed by atoms with Crippen molar-refractivity contribution in [2.24, 2.45) is 21.8 Å². The molecule has 0 saturated heterocycles. The van der Waals surface area contributed by atoms with Crippen molar-refractivity contribution in [3.8, 4) is 11.5 Å². The van der Waals surface area contributed by atoms with Crippen molar-refractivity contribution in [2.45, 2.75) is 40.0 Å². The van der Waals surface area contributed by atoms with E-state index < -0.39 is 0 Å². The van der Waals surface area contributed by atoms with Gasteiger partial charge >= 0.3 is 0 Å². The minimum Gasteiger partial charge on any atom is -0.423 e. The molecule has 0 radical (unpaired) electrons. The molecule has 0 unspecified atom stereocenters. The van der Waals surface area contributed by atoms with Gasteiger partial charge in [0.1, 0.15) is 0 Å². The van der Waals surface area contributed by atoms with Crippen LogP contribution in [0.2, 0.25) is 0 Å². The van der Waals surface area contributed by atoms with Gasteiger partial charge in [-0.25, -0.2) is 5.43 Å². The van der Waals surface area contributed by atoms with Crippen molar-refractivity contribution in [2.75, 3.05) is 0 Å². The molecule has 2 aromatic rings. The monoisotopic (exact) mass is 338 g/mol. The molecule has 2 aliphatic rings. The number of amides is 1. The molecule has 2 aliphatic carbocycles. The zero-order valence-corrected chi connectivity index (χ0v) is 14.7. The van der Waals surface area contributed by atoms with Crippen molar-refractivity contribution in [3.05, 3.63) is 36.2 Å². The van der Waals surface area contributed by atoms with Crippen molar-refractivity contribution in [1.29, 1.82) is 0 Å². The zero-order chi connectivity index (χ0) is 17.7. The smallest absolute Gasteiger partial charge is 0.271 e. The third-order valence-corrected chi connectivity index (χ3v) is 6.56. The minimum absolute atomic E-state index is 0.0900. The number of fused-ring (bicyclic) bond motifs is 2. The van der Waals surface area contributed by atoms with Gasteiger partial charge in [0.15, 0.2) is 0 Å². The number of nitrogens with zero attached hydrogens (tertiary/aromatic N) is 3. The summed E-state index contributed by atoms with van der Waals surface area (Å²) in [6.07, 6.45) is 4.68. The summed E-state index contributed by atoms with van der Waals surface area (Å²) in [6, 6.07) is 7.05. The van der Waals surface area contributed by atoms with E-state index in [9.17, 15) is 4.79 Å². The summed E-state index contributed by atoms with van der Waals surface area (Å²) in [4.78, 5) is 12.4. The number of carbonyl (C=O) groups is 1. The molecule has 1 aromatic heterocycles. The summed E-state index contributed by atoms with van der Waals surface area (Å²) in [5, 5.41) is 12.0. The lowest BCUT2D eigenvalue weighted by molar-refractivity contribution is 0.0954. The SMILES string of the molecule is CC1(C)[C@H]2CC[C@]1(C)/C(=N/NC(=O)c1ccc(-c3nnco3)cc1)C2. The molecular weight excluding hydrogens is 316 g/mol. The molecule has 0 aliphatic heterocycles. The third-order valence-electron chi connectivity index (χ3n) is 6.56. The van der Waals surface area contributed by atoms with Crippen molar-refractivity contribution < 1.29 is 9.21 Å². The number of carbonyl (C=O) groups excluding carboxylic acids is 1. The number of nitrogens with one attached hydrogen (secondary N) is 1. The summed E-state index contributed by atoms with van der Waals surface area (Å²) in [5.41, 5.74) is 5.55. The largest absolute Gasteiger partial charge is 0.423 e. The lowest BCUT2D eigenvalue weighted by Gasteiger charge is -2.34. The molecule has 0 spiro atoms. The zero-order valence-electron chi connectivity index (χ0n) is 14.7. The first-order chi connectivity index (χ1) is 11.9. The molecule has 2 bridgehead atoms. The Bertz CT molecular complexity index is 824. The first-order valence-corrected chi connectivity index (χ1v) is 8.66. The maximum Gasteiger partial charge on any atom is 0.271 e. The second-order valence-electron chi connectivity index (χ2n) is 7.81. The molecule has 2 saturated carbocycles. The molecular formula is C19H22N4O2. The van der Waals surface area contributed by atoms with Crippen LogP contribution < -0.4 is 5.43 Å². The van der Waals surface area contributed by atoms with Gasteiger partial charge in [0.2, 0.25) is 12.3 Å². The Morgan fingerprint density at radius 1 is 1.28 bits per heavy atom. The number of hydrogen-bond acceptors (Lipinski definition) is 5. The van der Waals surface area contributed by atoms with E-state index in [1.54, 1.807) is 24.3 Å². The number of benzene rings is 1. The van der Waals surface area contributed by atoms with Crippen LogP contribution in [0, 0.1) is 16.7 Å². The second kappa shape index (κ2) is 5.51. The number of aromatic nitrogens is 2. The van der Waals surface area contributed by atoms with Gasteiger partial charge in [-0.2, -0.15) is 5.10 Å². The summed E-state index contributed by atoms with van der Waals surface area (Å²) >= 11 is 0. The van der Waals surface area contributed by atoms with Crippen LogP contribution in [0.3, 0.4) is 0 Å². The predicted octanol–water partition coefficient (Wildman–Crippen LogP) is 3.67. The average Bonchev–Trinajstić information content (AvgIpc) is 3.26. The molecule has 1 amide bonds. The molecule has 1 N–H and O–H groups in total. The molecule has 130 valence electrons. The standard InChI is InChI=1S/C19H22N4O2/c1-18(2)14-8-9-19(18,3)15(10-14)21-22-16(24)12-4-6-13(7-5-12)17-23-20-11-25-17/h4-7,11,14H,8-10H2,1-3H3,(H,22,24)/b21-15+/t14-,19+/m0/s1. The van der Waals surface area contributed by atoms with Crippen molar-refractivity contribution >= 4 is 11.6 Å². The summed E-state index contributed by atoms with van der Waals surface area (Å²) in [6.45, 7) is 6.93. The van der Waals surface area contributed by atoms with E-state index in [0.717, 1.165) is 24.1 Å². The van der Waals surface area contributed by atoms with Gasteiger partial charge in [-0.15, -0.1) is 10.2 Å². The van der Waals surface area contributed by atoms with E-state index in [4.69, 9.17) is 4.42 Å². The second-order valence-corrected chi connectivity index (χ2v) is 7.81. The highest BCUT2D eigenvalue weighted by molar-refractivity contribution is 5.98. The van der Waals surface area contributed by atoms with E-state index in [2.05, 4.69) is 41.5 Å². The number of hydrogen-bond donors (Lipinski definition) is 1. The van der Waals surface area contributed by atoms with Crippen molar-refractivity contribution in [1.82, 2.24) is 15.6 Å². The molecule has 6 heteroatoms. The van der Waals surface area contributed by atoms with Gasteiger partial charge in [0.25, 0.3) is 5.91 Å². The predicted molar refractivity (Wildman–Crippen MR) is 93.9 cm³/mol. The van der Waals surface area contributed by atoms with Crippen LogP contribution >= 0.6 is 0 Å². The van der Waals surface area contributed by atoms with Crippen LogP contribution in [-0.4, -0.2) is 21.8 Å². The van der Waals surface area contributed by atoms with E-state index in [0.29, 0.717) is 17.4 Å². The summed E-state index contributed by atoms with van der Waals surface area (Å²) < 4.78 is 5.15. The number of hydrazone groups is 1. The summed E-state index contributed by atoms with van der Waals surface area (Å²) in [5.74, 6) is 0.903. The summed E-state index contributed by atoms with van der Waals surface area (Å²) in [7, 11) is 0. The molecule has 2 fully saturated rings. The Hall–Kier alpha value is -2.50. The van der Waals surface area contributed by atoms with Crippen molar-refractivity contribution in [3.63, 3.8) is 0 Å². The van der Waals surface area contributed by atoms with Crippen LogP contribution in [0.5, 0.6) is 0 Å². The van der Waals surface area contributed by atoms with Crippen LogP contribution in [0.1, 0.15) is 50.4 Å². The molecule has 1 aromatic carbocycles. The van der Waals surface area contributed by atoms with Gasteiger partial charge in [0, 0.05) is 22.3 Å². The highest BCUT2D eigenvalue weighted by Crippen LogP contribution is 2.63. The van der Waals surface area contributed by atoms with Gasteiger partial charge < -0.3 is 4.42 Å². The normalized spacial score (nSPS) is 28.4. The average molecular weight is 338 g/mol. The van der Waals surface area contributed by atoms with Gasteiger partial charge in [-0.3, -0.25) is 4.79 Å². The highest BCUT2D eigenvalue weighted by Gasteiger charge is 2.60. The quantitative estimate of drug-likeness (QED) is 0.866. The van der Waals surface area contributed by atoms with E-state index in [1.165, 1.54) is 12.8 Å². The Kier molecular flexibility index (Phi) is 3.52. The lowest BCUT2D eigenvalue weighted by Crippen LogP contribution is -2.34. The fourth-order valence-corrected chi connectivity index (χ4v) is 4.34. The van der Waals surface area contributed by atoms with Gasteiger partial charge in [-0.1, -0.05) is 20.8 Å². The maximum absolute atomic E-state index is 12.4.